The summed E-state index contributed by atoms with van der Waals surface area (Å²) >= 11 is 0. The number of nitrogens with two attached hydrogens (primary N) is 1. The topological polar surface area (TPSA) is 96.5 Å². The van der Waals surface area contributed by atoms with Gasteiger partial charge in [0.1, 0.15) is 11.2 Å². The fourth-order valence-corrected chi connectivity index (χ4v) is 2.34. The number of hydrogen-bond donors (Lipinski definition) is 2. The smallest absolute Gasteiger partial charge is 0.329 e. The van der Waals surface area contributed by atoms with Crippen LogP contribution in [0.15, 0.2) is 18.3 Å². The standard InChI is InChI=1S/C13H17N3O3/c1-13(12(18)19)6-2-3-7-16(13)11(17)10-5-4-9(14)8-15-10/h4-5,8H,2-3,6-7,14H2,1H3,(H,18,19). The van der Waals surface area contributed by atoms with Crippen molar-refractivity contribution in [3.8, 4) is 0 Å². The van der Waals surface area contributed by atoms with E-state index in [4.69, 9.17) is 5.73 Å². The second kappa shape index (κ2) is 4.87. The Morgan fingerprint density at radius 3 is 2.74 bits per heavy atom. The summed E-state index contributed by atoms with van der Waals surface area (Å²) in [5.74, 6) is -1.33. The number of piperidine rings is 1. The molecule has 6 nitrogen and oxygen atoms in total. The summed E-state index contributed by atoms with van der Waals surface area (Å²) in [6, 6.07) is 3.11. The first-order chi connectivity index (χ1) is 8.95. The number of aliphatic carboxylic acids is 1. The van der Waals surface area contributed by atoms with Gasteiger partial charge in [0.05, 0.1) is 11.9 Å². The monoisotopic (exact) mass is 263 g/mol. The molecule has 0 radical (unpaired) electrons. The molecular weight excluding hydrogens is 246 g/mol. The van der Waals surface area contributed by atoms with Crippen LogP contribution in [0.1, 0.15) is 36.7 Å². The molecule has 102 valence electrons. The lowest BCUT2D eigenvalue weighted by molar-refractivity contribution is -0.150. The maximum absolute atomic E-state index is 12.4. The Labute approximate surface area is 111 Å². The minimum absolute atomic E-state index is 0.226. The molecule has 2 rings (SSSR count). The number of carbonyl (C=O) groups excluding carboxylic acids is 1. The van der Waals surface area contributed by atoms with Crippen molar-refractivity contribution < 1.29 is 14.7 Å². The van der Waals surface area contributed by atoms with Gasteiger partial charge in [-0.15, -0.1) is 0 Å². The predicted molar refractivity (Wildman–Crippen MR) is 69.6 cm³/mol. The second-order valence-corrected chi connectivity index (χ2v) is 4.97. The average molecular weight is 263 g/mol. The molecular formula is C13H17N3O3. The zero-order chi connectivity index (χ0) is 14.0. The average Bonchev–Trinajstić information content (AvgIpc) is 2.39. The van der Waals surface area contributed by atoms with E-state index in [9.17, 15) is 14.7 Å². The summed E-state index contributed by atoms with van der Waals surface area (Å²) in [6.07, 6.45) is 3.48. The molecule has 1 unspecified atom stereocenters. The number of nitrogens with zero attached hydrogens (tertiary/aromatic N) is 2. The Bertz CT molecular complexity index is 500. The van der Waals surface area contributed by atoms with E-state index in [0.717, 1.165) is 12.8 Å². The van der Waals surface area contributed by atoms with Gasteiger partial charge in [0.15, 0.2) is 0 Å². The Hall–Kier alpha value is -2.11. The van der Waals surface area contributed by atoms with E-state index in [1.807, 2.05) is 0 Å². The van der Waals surface area contributed by atoms with Crippen molar-refractivity contribution >= 4 is 17.6 Å². The van der Waals surface area contributed by atoms with Gasteiger partial charge in [0.2, 0.25) is 0 Å². The van der Waals surface area contributed by atoms with Gasteiger partial charge in [-0.25, -0.2) is 9.78 Å². The molecule has 1 saturated heterocycles. The number of rotatable bonds is 2. The van der Waals surface area contributed by atoms with Crippen molar-refractivity contribution in [2.75, 3.05) is 12.3 Å². The summed E-state index contributed by atoms with van der Waals surface area (Å²) in [5, 5.41) is 9.37. The third-order valence-electron chi connectivity index (χ3n) is 3.60. The molecule has 1 aliphatic heterocycles. The fraction of sp³-hybridized carbons (Fsp3) is 0.462. The van der Waals surface area contributed by atoms with Gasteiger partial charge in [0.25, 0.3) is 5.91 Å². The number of carboxylic acid groups (broad SMARTS) is 1. The minimum Gasteiger partial charge on any atom is -0.480 e. The van der Waals surface area contributed by atoms with Crippen LogP contribution in [0.5, 0.6) is 0 Å². The van der Waals surface area contributed by atoms with Crippen molar-refractivity contribution in [2.24, 2.45) is 0 Å². The molecule has 1 fully saturated rings. The van der Waals surface area contributed by atoms with Gasteiger partial charge >= 0.3 is 5.97 Å². The van der Waals surface area contributed by atoms with Crippen LogP contribution in [0.4, 0.5) is 5.69 Å². The molecule has 1 amide bonds. The van der Waals surface area contributed by atoms with Crippen LogP contribution in [0.3, 0.4) is 0 Å². The number of pyridine rings is 1. The Morgan fingerprint density at radius 1 is 1.42 bits per heavy atom. The maximum Gasteiger partial charge on any atom is 0.329 e. The van der Waals surface area contributed by atoms with E-state index in [-0.39, 0.29) is 11.6 Å². The lowest BCUT2D eigenvalue weighted by atomic mass is 9.88. The minimum atomic E-state index is -1.15. The van der Waals surface area contributed by atoms with Gasteiger partial charge in [-0.3, -0.25) is 4.79 Å². The first-order valence-electron chi connectivity index (χ1n) is 6.22. The highest BCUT2D eigenvalue weighted by molar-refractivity contribution is 5.96. The third-order valence-corrected chi connectivity index (χ3v) is 3.60. The Morgan fingerprint density at radius 2 is 2.16 bits per heavy atom. The molecule has 0 aromatic carbocycles. The number of amides is 1. The van der Waals surface area contributed by atoms with Gasteiger partial charge in [-0.1, -0.05) is 0 Å². The lowest BCUT2D eigenvalue weighted by Gasteiger charge is -2.41. The van der Waals surface area contributed by atoms with Gasteiger partial charge in [0, 0.05) is 6.54 Å². The van der Waals surface area contributed by atoms with Gasteiger partial charge in [-0.05, 0) is 38.3 Å². The van der Waals surface area contributed by atoms with Crippen LogP contribution in [0, 0.1) is 0 Å². The zero-order valence-corrected chi connectivity index (χ0v) is 10.8. The molecule has 19 heavy (non-hydrogen) atoms. The van der Waals surface area contributed by atoms with E-state index in [0.29, 0.717) is 18.7 Å². The van der Waals surface area contributed by atoms with Gasteiger partial charge < -0.3 is 15.7 Å². The maximum atomic E-state index is 12.4. The first-order valence-corrected chi connectivity index (χ1v) is 6.22. The molecule has 1 aromatic heterocycles. The largest absolute Gasteiger partial charge is 0.480 e. The lowest BCUT2D eigenvalue weighted by Crippen LogP contribution is -2.57. The van der Waals surface area contributed by atoms with Crippen molar-refractivity contribution in [3.63, 3.8) is 0 Å². The Balaban J connectivity index is 2.30. The number of aromatic nitrogens is 1. The first kappa shape index (κ1) is 13.3. The normalized spacial score (nSPS) is 23.1. The van der Waals surface area contributed by atoms with Crippen LogP contribution < -0.4 is 5.73 Å². The molecule has 6 heteroatoms. The predicted octanol–water partition coefficient (Wildman–Crippen LogP) is 1.13. The van der Waals surface area contributed by atoms with E-state index in [1.165, 1.54) is 17.2 Å². The van der Waals surface area contributed by atoms with E-state index in [2.05, 4.69) is 4.98 Å². The second-order valence-electron chi connectivity index (χ2n) is 4.97. The van der Waals surface area contributed by atoms with Crippen molar-refractivity contribution in [2.45, 2.75) is 31.7 Å². The SMILES string of the molecule is CC1(C(=O)O)CCCCN1C(=O)c1ccc(N)cn1. The molecule has 0 bridgehead atoms. The molecule has 1 aromatic rings. The third kappa shape index (κ3) is 2.38. The Kier molecular flexibility index (Phi) is 3.42. The zero-order valence-electron chi connectivity index (χ0n) is 10.8. The summed E-state index contributed by atoms with van der Waals surface area (Å²) in [7, 11) is 0. The molecule has 0 aliphatic carbocycles. The number of nitrogen functional groups attached to an aromatic ring is 1. The molecule has 2 heterocycles. The summed E-state index contributed by atoms with van der Waals surface area (Å²) in [5.41, 5.74) is 5.07. The number of likely N-dealkylation sites (tertiary alicyclic amines) is 1. The van der Waals surface area contributed by atoms with E-state index >= 15 is 0 Å². The van der Waals surface area contributed by atoms with Crippen LogP contribution in [-0.4, -0.2) is 39.0 Å². The molecule has 1 aliphatic rings. The van der Waals surface area contributed by atoms with E-state index in [1.54, 1.807) is 13.0 Å². The molecule has 0 spiro atoms. The highest BCUT2D eigenvalue weighted by Gasteiger charge is 2.44. The van der Waals surface area contributed by atoms with Crippen molar-refractivity contribution in [1.82, 2.24) is 9.88 Å². The molecule has 3 N–H and O–H groups in total. The van der Waals surface area contributed by atoms with E-state index < -0.39 is 11.5 Å². The van der Waals surface area contributed by atoms with Crippen molar-refractivity contribution in [1.29, 1.82) is 0 Å². The van der Waals surface area contributed by atoms with Crippen LogP contribution in [0.2, 0.25) is 0 Å². The highest BCUT2D eigenvalue weighted by Crippen LogP contribution is 2.29. The summed E-state index contributed by atoms with van der Waals surface area (Å²) in [6.45, 7) is 2.03. The van der Waals surface area contributed by atoms with Gasteiger partial charge in [-0.2, -0.15) is 0 Å². The number of hydrogen-bond acceptors (Lipinski definition) is 4. The number of carbonyl (C=O) groups is 2. The quantitative estimate of drug-likeness (QED) is 0.833. The van der Waals surface area contributed by atoms with Crippen LogP contribution in [0.25, 0.3) is 0 Å². The number of anilines is 1. The van der Waals surface area contributed by atoms with Crippen molar-refractivity contribution in [3.05, 3.63) is 24.0 Å². The van der Waals surface area contributed by atoms with Crippen LogP contribution in [-0.2, 0) is 4.79 Å². The summed E-state index contributed by atoms with van der Waals surface area (Å²) < 4.78 is 0. The molecule has 0 saturated carbocycles. The highest BCUT2D eigenvalue weighted by atomic mass is 16.4. The molecule has 1 atom stereocenters. The number of carboxylic acids is 1. The summed E-state index contributed by atoms with van der Waals surface area (Å²) in [4.78, 5) is 29.2. The van der Waals surface area contributed by atoms with Crippen LogP contribution >= 0.6 is 0 Å². The fourth-order valence-electron chi connectivity index (χ4n) is 2.34.